The van der Waals surface area contributed by atoms with E-state index in [1.165, 1.54) is 0 Å². The summed E-state index contributed by atoms with van der Waals surface area (Å²) >= 11 is 0. The average molecular weight is 173 g/mol. The third kappa shape index (κ3) is 15.7. The van der Waals surface area contributed by atoms with Gasteiger partial charge in [-0.2, -0.15) is 0 Å². The van der Waals surface area contributed by atoms with Gasteiger partial charge in [0, 0.05) is 34.1 Å². The van der Waals surface area contributed by atoms with Crippen LogP contribution in [-0.4, -0.2) is 26.0 Å². The molecule has 1 rings (SSSR count). The summed E-state index contributed by atoms with van der Waals surface area (Å²) < 4.78 is 0. The molecule has 55 valence electrons. The second kappa shape index (κ2) is 8.95. The minimum Gasteiger partial charge on any atom is -0.312 e. The zero-order chi connectivity index (χ0) is 7.11. The van der Waals surface area contributed by atoms with Crippen molar-refractivity contribution in [3.8, 4) is 0 Å². The summed E-state index contributed by atoms with van der Waals surface area (Å²) in [6.45, 7) is 0. The van der Waals surface area contributed by atoms with Gasteiger partial charge in [0.15, 0.2) is 0 Å². The molecule has 0 fully saturated rings. The Bertz CT molecular complexity index is 95.4. The first kappa shape index (κ1) is 12.6. The molecule has 0 N–H and O–H groups in total. The second-order valence-corrected chi connectivity index (χ2v) is 2.17. The maximum Gasteiger partial charge on any atom is 0.0268 e. The molecule has 1 aliphatic rings. The Labute approximate surface area is 77.9 Å². The molecule has 1 radical (unpaired) electrons. The fourth-order valence-electron chi connectivity index (χ4n) is 0.248. The van der Waals surface area contributed by atoms with Crippen molar-refractivity contribution in [2.24, 2.45) is 0 Å². The van der Waals surface area contributed by atoms with E-state index in [4.69, 9.17) is 0 Å². The summed E-state index contributed by atoms with van der Waals surface area (Å²) in [6.07, 6.45) is 7.28. The molecule has 0 aromatic carbocycles. The minimum atomic E-state index is 0. The van der Waals surface area contributed by atoms with E-state index in [-0.39, 0.29) is 21.7 Å². The van der Waals surface area contributed by atoms with Crippen molar-refractivity contribution >= 4 is 0 Å². The van der Waals surface area contributed by atoms with E-state index in [2.05, 4.69) is 5.32 Å². The van der Waals surface area contributed by atoms with Crippen LogP contribution in [0.2, 0.25) is 0 Å². The molecule has 1 heterocycles. The van der Waals surface area contributed by atoms with Crippen molar-refractivity contribution in [2.45, 2.75) is 0 Å². The van der Waals surface area contributed by atoms with Gasteiger partial charge in [-0.1, -0.05) is 0 Å². The number of rotatable bonds is 0. The Kier molecular flexibility index (Phi) is 11.3. The molecule has 3 heteroatoms. The number of hydrogen-bond donors (Lipinski definition) is 0. The molecule has 0 atom stereocenters. The molecule has 0 amide bonds. The fraction of sp³-hybridized carbons (Fsp3) is 0.429. The van der Waals surface area contributed by atoms with Crippen LogP contribution in [0.5, 0.6) is 0 Å². The van der Waals surface area contributed by atoms with Crippen molar-refractivity contribution in [1.29, 1.82) is 0 Å². The normalized spacial score (nSPS) is 11.6. The summed E-state index contributed by atoms with van der Waals surface area (Å²) in [5.41, 5.74) is 0. The summed E-state index contributed by atoms with van der Waals surface area (Å²) in [5, 5.41) is 3.72. The Morgan fingerprint density at radius 1 is 1.00 bits per heavy atom. The van der Waals surface area contributed by atoms with Gasteiger partial charge in [-0.3, -0.25) is 5.32 Å². The van der Waals surface area contributed by atoms with Crippen LogP contribution < -0.4 is 5.32 Å². The zero-order valence-corrected chi connectivity index (χ0v) is 8.27. The molecule has 0 saturated heterocycles. The van der Waals surface area contributed by atoms with Crippen molar-refractivity contribution in [3.05, 3.63) is 24.6 Å². The van der Waals surface area contributed by atoms with E-state index in [1.807, 2.05) is 38.2 Å². The molecule has 0 spiro atoms. The standard InChI is InChI=1S/C4H4N.C3H9N.Ti/c1-2-4-5-3-1;1-4(2)3;/h1-4H;1-3H3;. The summed E-state index contributed by atoms with van der Waals surface area (Å²) in [7, 11) is 6.00. The number of nitrogens with zero attached hydrogens (tertiary/aromatic N) is 2. The van der Waals surface area contributed by atoms with E-state index >= 15 is 0 Å². The van der Waals surface area contributed by atoms with Crippen LogP contribution in [0.3, 0.4) is 0 Å². The van der Waals surface area contributed by atoms with Crippen LogP contribution in [-0.2, 0) is 21.7 Å². The van der Waals surface area contributed by atoms with E-state index in [0.717, 1.165) is 0 Å². The largest absolute Gasteiger partial charge is 0.312 e. The maximum atomic E-state index is 3.72. The van der Waals surface area contributed by atoms with Gasteiger partial charge < -0.3 is 4.90 Å². The van der Waals surface area contributed by atoms with Crippen LogP contribution in [0.4, 0.5) is 0 Å². The third-order valence-electron chi connectivity index (χ3n) is 0.455. The van der Waals surface area contributed by atoms with Gasteiger partial charge >= 0.3 is 0 Å². The maximum absolute atomic E-state index is 3.72. The number of allylic oxidation sites excluding steroid dienone is 2. The van der Waals surface area contributed by atoms with E-state index in [0.29, 0.717) is 0 Å². The zero-order valence-electron chi connectivity index (χ0n) is 6.70. The topological polar surface area (TPSA) is 17.3 Å². The summed E-state index contributed by atoms with van der Waals surface area (Å²) in [4.78, 5) is 2.00. The van der Waals surface area contributed by atoms with Gasteiger partial charge in [-0.15, -0.1) is 0 Å². The van der Waals surface area contributed by atoms with Gasteiger partial charge in [-0.25, -0.2) is 0 Å². The van der Waals surface area contributed by atoms with Gasteiger partial charge in [0.2, 0.25) is 0 Å². The molecule has 10 heavy (non-hydrogen) atoms. The molecular weight excluding hydrogens is 160 g/mol. The first-order valence-corrected chi connectivity index (χ1v) is 2.86. The third-order valence-corrected chi connectivity index (χ3v) is 0.455. The van der Waals surface area contributed by atoms with Gasteiger partial charge in [0.1, 0.15) is 0 Å². The molecule has 2 nitrogen and oxygen atoms in total. The first-order valence-electron chi connectivity index (χ1n) is 2.86. The Balaban J connectivity index is 0. The number of hydrogen-bond acceptors (Lipinski definition) is 1. The van der Waals surface area contributed by atoms with Crippen LogP contribution in [0.1, 0.15) is 0 Å². The molecular formula is C7H13N2Ti. The molecule has 0 unspecified atom stereocenters. The molecule has 0 aromatic heterocycles. The predicted octanol–water partition coefficient (Wildman–Crippen LogP) is 0.807. The minimum absolute atomic E-state index is 0. The predicted molar refractivity (Wildman–Crippen MR) is 40.0 cm³/mol. The van der Waals surface area contributed by atoms with Crippen LogP contribution in [0.25, 0.3) is 0 Å². The van der Waals surface area contributed by atoms with Crippen molar-refractivity contribution < 1.29 is 21.7 Å². The SMILES string of the molecule is C1=C[N]C=C1.CN(C)C.[Ti]. The van der Waals surface area contributed by atoms with Crippen molar-refractivity contribution in [3.63, 3.8) is 0 Å². The Morgan fingerprint density at radius 3 is 1.40 bits per heavy atom. The molecule has 1 aliphatic heterocycles. The Morgan fingerprint density at radius 2 is 1.30 bits per heavy atom. The van der Waals surface area contributed by atoms with Gasteiger partial charge in [0.05, 0.1) is 0 Å². The van der Waals surface area contributed by atoms with Crippen molar-refractivity contribution in [2.75, 3.05) is 21.1 Å². The quantitative estimate of drug-likeness (QED) is 0.495. The van der Waals surface area contributed by atoms with Gasteiger partial charge in [0.25, 0.3) is 0 Å². The average Bonchev–Trinajstić information content (AvgIpc) is 2.11. The first-order chi connectivity index (χ1) is 4.23. The van der Waals surface area contributed by atoms with Crippen LogP contribution >= 0.6 is 0 Å². The fourth-order valence-corrected chi connectivity index (χ4v) is 0.248. The summed E-state index contributed by atoms with van der Waals surface area (Å²) in [6, 6.07) is 0. The van der Waals surface area contributed by atoms with E-state index < -0.39 is 0 Å². The molecule has 0 saturated carbocycles. The van der Waals surface area contributed by atoms with E-state index in [9.17, 15) is 0 Å². The summed E-state index contributed by atoms with van der Waals surface area (Å²) in [5.74, 6) is 0. The monoisotopic (exact) mass is 173 g/mol. The molecule has 0 bridgehead atoms. The van der Waals surface area contributed by atoms with Crippen LogP contribution in [0, 0.1) is 0 Å². The molecule has 0 aromatic rings. The molecule has 0 aliphatic carbocycles. The van der Waals surface area contributed by atoms with Crippen LogP contribution in [0.15, 0.2) is 24.6 Å². The van der Waals surface area contributed by atoms with Gasteiger partial charge in [-0.05, 0) is 33.3 Å². The van der Waals surface area contributed by atoms with E-state index in [1.54, 1.807) is 12.4 Å². The van der Waals surface area contributed by atoms with Crippen molar-refractivity contribution in [1.82, 2.24) is 10.2 Å². The second-order valence-electron chi connectivity index (χ2n) is 2.17. The Hall–Kier alpha value is -0.0457. The smallest absolute Gasteiger partial charge is 0.0268 e.